The molecule has 7 rings (SSSR count). The summed E-state index contributed by atoms with van der Waals surface area (Å²) in [5.74, 6) is 3.93. The first-order chi connectivity index (χ1) is 17.8. The first kappa shape index (κ1) is 23.4. The predicted molar refractivity (Wildman–Crippen MR) is 137 cm³/mol. The number of methoxy groups -OCH3 is 1. The normalized spacial score (nSPS) is 21.9. The van der Waals surface area contributed by atoms with Crippen LogP contribution in [0.3, 0.4) is 0 Å². The zero-order valence-corrected chi connectivity index (χ0v) is 21.8. The van der Waals surface area contributed by atoms with Gasteiger partial charge < -0.3 is 14.4 Å². The van der Waals surface area contributed by atoms with E-state index in [4.69, 9.17) is 26.1 Å². The molecule has 2 aromatic heterocycles. The first-order valence-corrected chi connectivity index (χ1v) is 13.2. The van der Waals surface area contributed by atoms with Gasteiger partial charge in [0.2, 0.25) is 0 Å². The van der Waals surface area contributed by atoms with Crippen molar-refractivity contribution in [1.82, 2.24) is 24.6 Å². The van der Waals surface area contributed by atoms with E-state index in [-0.39, 0.29) is 18.6 Å². The van der Waals surface area contributed by atoms with Crippen LogP contribution >= 0.6 is 11.6 Å². The number of hydrogen-bond acceptors (Lipinski definition) is 7. The van der Waals surface area contributed by atoms with Gasteiger partial charge in [0.15, 0.2) is 23.1 Å². The predicted octanol–water partition coefficient (Wildman–Crippen LogP) is 4.07. The summed E-state index contributed by atoms with van der Waals surface area (Å²) in [5, 5.41) is 9.95. The van der Waals surface area contributed by atoms with Crippen molar-refractivity contribution in [1.29, 1.82) is 0 Å². The molecule has 2 saturated heterocycles. The molecule has 0 bridgehead atoms. The fourth-order valence-corrected chi connectivity index (χ4v) is 6.73. The first-order valence-electron chi connectivity index (χ1n) is 12.8. The number of fused-ring (bicyclic) bond motifs is 3. The van der Waals surface area contributed by atoms with Crippen LogP contribution in [-0.4, -0.2) is 70.3 Å². The molecule has 0 atom stereocenters. The Kier molecular flexibility index (Phi) is 5.29. The Balaban J connectivity index is 1.12. The second kappa shape index (κ2) is 8.38. The molecule has 194 valence electrons. The van der Waals surface area contributed by atoms with Crippen LogP contribution in [0.4, 0.5) is 10.2 Å². The van der Waals surface area contributed by atoms with Gasteiger partial charge in [-0.15, -0.1) is 10.2 Å². The molecular weight excluding hydrogens is 495 g/mol. The summed E-state index contributed by atoms with van der Waals surface area (Å²) in [4.78, 5) is 9.14. The maximum absolute atomic E-state index is 15.0. The van der Waals surface area contributed by atoms with Crippen molar-refractivity contribution >= 4 is 17.4 Å². The number of rotatable bonds is 5. The zero-order chi connectivity index (χ0) is 25.4. The van der Waals surface area contributed by atoms with Crippen molar-refractivity contribution in [2.75, 3.05) is 44.9 Å². The molecule has 10 heteroatoms. The highest BCUT2D eigenvalue weighted by Gasteiger charge is 2.55. The number of hydrogen-bond donors (Lipinski definition) is 0. The van der Waals surface area contributed by atoms with Gasteiger partial charge in [0.05, 0.1) is 32.6 Å². The molecule has 4 aliphatic rings. The average Bonchev–Trinajstić information content (AvgIpc) is 3.12. The number of halogens is 2. The average molecular weight is 525 g/mol. The fraction of sp³-hybridized carbons (Fsp3) is 0.519. The number of anilines is 1. The molecule has 3 aliphatic heterocycles. The standard InChI is InChI=1S/C27H30ClFN6O2/c1-17-3-6-22(36-2)25(30-17)34-12-26(13-34)8-19(9-26)24-32-31-23-11-33(14-27(29)15-37-16-27)10-18-7-20(28)4-5-21(18)35(23)24/h3-7,19H,8-16H2,1-2H3. The third-order valence-corrected chi connectivity index (χ3v) is 8.53. The molecule has 0 amide bonds. The number of alkyl halides is 1. The van der Waals surface area contributed by atoms with Crippen LogP contribution in [0.2, 0.25) is 5.02 Å². The zero-order valence-electron chi connectivity index (χ0n) is 21.1. The van der Waals surface area contributed by atoms with E-state index in [0.717, 1.165) is 66.1 Å². The minimum absolute atomic E-state index is 0.148. The number of aromatic nitrogens is 4. The highest BCUT2D eigenvalue weighted by Crippen LogP contribution is 2.57. The van der Waals surface area contributed by atoms with Crippen LogP contribution in [0.5, 0.6) is 5.75 Å². The van der Waals surface area contributed by atoms with Crippen molar-refractivity contribution in [2.45, 2.75) is 44.4 Å². The lowest BCUT2D eigenvalue weighted by molar-refractivity contribution is -0.142. The molecule has 0 unspecified atom stereocenters. The quantitative estimate of drug-likeness (QED) is 0.498. The van der Waals surface area contributed by atoms with Crippen LogP contribution in [0.25, 0.3) is 5.69 Å². The SMILES string of the molecule is COc1ccc(C)nc1N1CC2(CC(c3nnc4n3-c3ccc(Cl)cc3CN(CC3(F)COC3)C4)C2)C1. The molecule has 8 nitrogen and oxygen atoms in total. The molecule has 3 aromatic rings. The Bertz CT molecular complexity index is 1360. The lowest BCUT2D eigenvalue weighted by atomic mass is 9.57. The van der Waals surface area contributed by atoms with E-state index in [0.29, 0.717) is 30.6 Å². The Hall–Kier alpha value is -2.75. The van der Waals surface area contributed by atoms with Gasteiger partial charge in [0.25, 0.3) is 0 Å². The highest BCUT2D eigenvalue weighted by molar-refractivity contribution is 6.30. The van der Waals surface area contributed by atoms with E-state index in [1.807, 2.05) is 37.3 Å². The molecule has 1 aliphatic carbocycles. The Morgan fingerprint density at radius 1 is 1.14 bits per heavy atom. The molecule has 1 saturated carbocycles. The number of pyridine rings is 1. The summed E-state index contributed by atoms with van der Waals surface area (Å²) >= 11 is 6.38. The Morgan fingerprint density at radius 2 is 1.95 bits per heavy atom. The maximum Gasteiger partial charge on any atom is 0.171 e. The summed E-state index contributed by atoms with van der Waals surface area (Å²) in [6.07, 6.45) is 2.13. The van der Waals surface area contributed by atoms with Crippen molar-refractivity contribution in [2.24, 2.45) is 5.41 Å². The van der Waals surface area contributed by atoms with E-state index in [1.165, 1.54) is 0 Å². The van der Waals surface area contributed by atoms with Crippen molar-refractivity contribution < 1.29 is 13.9 Å². The van der Waals surface area contributed by atoms with E-state index in [9.17, 15) is 4.39 Å². The fourth-order valence-electron chi connectivity index (χ4n) is 6.54. The summed E-state index contributed by atoms with van der Waals surface area (Å²) in [5.41, 5.74) is 2.08. The summed E-state index contributed by atoms with van der Waals surface area (Å²) < 4.78 is 27.9. The van der Waals surface area contributed by atoms with E-state index < -0.39 is 5.67 Å². The molecule has 1 aromatic carbocycles. The van der Waals surface area contributed by atoms with Gasteiger partial charge >= 0.3 is 0 Å². The van der Waals surface area contributed by atoms with Gasteiger partial charge in [-0.3, -0.25) is 9.47 Å². The number of aryl methyl sites for hydroxylation is 1. The maximum atomic E-state index is 15.0. The highest BCUT2D eigenvalue weighted by atomic mass is 35.5. The van der Waals surface area contributed by atoms with Gasteiger partial charge in [-0.2, -0.15) is 0 Å². The largest absolute Gasteiger partial charge is 0.493 e. The second-order valence-corrected chi connectivity index (χ2v) is 11.7. The topological polar surface area (TPSA) is 68.5 Å². The smallest absolute Gasteiger partial charge is 0.171 e. The molecule has 0 N–H and O–H groups in total. The van der Waals surface area contributed by atoms with Crippen LogP contribution < -0.4 is 9.64 Å². The minimum atomic E-state index is -1.30. The third-order valence-electron chi connectivity index (χ3n) is 8.30. The summed E-state index contributed by atoms with van der Waals surface area (Å²) in [6.45, 7) is 5.70. The van der Waals surface area contributed by atoms with Crippen LogP contribution in [0.1, 0.15) is 41.7 Å². The van der Waals surface area contributed by atoms with Gasteiger partial charge in [-0.1, -0.05) is 11.6 Å². The van der Waals surface area contributed by atoms with Gasteiger partial charge in [-0.05, 0) is 55.7 Å². The van der Waals surface area contributed by atoms with Crippen molar-refractivity contribution in [3.8, 4) is 11.4 Å². The summed E-state index contributed by atoms with van der Waals surface area (Å²) in [6, 6.07) is 9.92. The lowest BCUT2D eigenvalue weighted by Gasteiger charge is -2.59. The summed E-state index contributed by atoms with van der Waals surface area (Å²) in [7, 11) is 1.70. The van der Waals surface area contributed by atoms with Gasteiger partial charge in [0, 0.05) is 48.2 Å². The van der Waals surface area contributed by atoms with Crippen molar-refractivity contribution in [3.05, 3.63) is 58.3 Å². The van der Waals surface area contributed by atoms with Gasteiger partial charge in [0.1, 0.15) is 5.82 Å². The second-order valence-electron chi connectivity index (χ2n) is 11.3. The molecular formula is C27H30ClFN6O2. The van der Waals surface area contributed by atoms with Crippen LogP contribution in [0, 0.1) is 12.3 Å². The minimum Gasteiger partial charge on any atom is -0.493 e. The third kappa shape index (κ3) is 3.90. The van der Waals surface area contributed by atoms with Crippen molar-refractivity contribution in [3.63, 3.8) is 0 Å². The van der Waals surface area contributed by atoms with E-state index >= 15 is 0 Å². The molecule has 37 heavy (non-hydrogen) atoms. The molecule has 0 radical (unpaired) electrons. The molecule has 3 fully saturated rings. The number of ether oxygens (including phenoxy) is 2. The Labute approximate surface area is 220 Å². The van der Waals surface area contributed by atoms with Gasteiger partial charge in [-0.25, -0.2) is 9.37 Å². The van der Waals surface area contributed by atoms with E-state index in [2.05, 4.69) is 24.6 Å². The monoisotopic (exact) mass is 524 g/mol. The Morgan fingerprint density at radius 3 is 2.68 bits per heavy atom. The molecule has 5 heterocycles. The van der Waals surface area contributed by atoms with E-state index in [1.54, 1.807) is 7.11 Å². The number of nitrogens with zero attached hydrogens (tertiary/aromatic N) is 6. The number of benzene rings is 1. The molecule has 1 spiro atoms. The van der Waals surface area contributed by atoms with Crippen LogP contribution in [-0.2, 0) is 17.8 Å². The lowest BCUT2D eigenvalue weighted by Crippen LogP contribution is -2.62. The van der Waals surface area contributed by atoms with Crippen LogP contribution in [0.15, 0.2) is 30.3 Å².